The molecule has 1 aliphatic carbocycles. The first kappa shape index (κ1) is 14.5. The molecule has 0 aliphatic heterocycles. The van der Waals surface area contributed by atoms with E-state index < -0.39 is 0 Å². The van der Waals surface area contributed by atoms with E-state index in [1.807, 2.05) is 0 Å². The molecule has 0 spiro atoms. The largest absolute Gasteiger partial charge is 0.355 e. The molecule has 1 unspecified atom stereocenters. The van der Waals surface area contributed by atoms with Crippen LogP contribution in [0.3, 0.4) is 0 Å². The molecule has 0 saturated heterocycles. The molecule has 4 heteroatoms. The van der Waals surface area contributed by atoms with Crippen LogP contribution in [0.25, 0.3) is 0 Å². The van der Waals surface area contributed by atoms with E-state index in [1.54, 1.807) is 0 Å². The average molecular weight is 241 g/mol. The molecule has 4 nitrogen and oxygen atoms in total. The van der Waals surface area contributed by atoms with E-state index in [9.17, 15) is 4.79 Å². The highest BCUT2D eigenvalue weighted by Crippen LogP contribution is 2.24. The summed E-state index contributed by atoms with van der Waals surface area (Å²) >= 11 is 0. The van der Waals surface area contributed by atoms with Gasteiger partial charge < -0.3 is 16.0 Å². The van der Waals surface area contributed by atoms with Crippen molar-refractivity contribution in [3.63, 3.8) is 0 Å². The van der Waals surface area contributed by atoms with Gasteiger partial charge in [0.25, 0.3) is 0 Å². The van der Waals surface area contributed by atoms with Crippen LogP contribution in [-0.2, 0) is 4.79 Å². The number of hydrogen-bond donors (Lipinski definition) is 2. The van der Waals surface area contributed by atoms with Crippen LogP contribution in [0.5, 0.6) is 0 Å². The molecule has 0 radical (unpaired) electrons. The summed E-state index contributed by atoms with van der Waals surface area (Å²) in [5, 5.41) is 2.99. The second-order valence-corrected chi connectivity index (χ2v) is 5.56. The molecule has 100 valence electrons. The topological polar surface area (TPSA) is 58.4 Å². The summed E-state index contributed by atoms with van der Waals surface area (Å²) < 4.78 is 0. The number of nitrogens with one attached hydrogen (secondary N) is 1. The Labute approximate surface area is 105 Å². The Morgan fingerprint density at radius 1 is 1.47 bits per heavy atom. The number of amides is 1. The second kappa shape index (κ2) is 6.97. The SMILES string of the molecule is CC(C)CC(CN)C(=O)NCCN(C)C1CC1. The lowest BCUT2D eigenvalue weighted by Gasteiger charge is -2.19. The van der Waals surface area contributed by atoms with E-state index in [1.165, 1.54) is 12.8 Å². The normalized spacial score (nSPS) is 17.5. The average Bonchev–Trinajstić information content (AvgIpc) is 3.08. The minimum atomic E-state index is -0.0266. The van der Waals surface area contributed by atoms with Crippen molar-refractivity contribution < 1.29 is 4.79 Å². The van der Waals surface area contributed by atoms with Gasteiger partial charge in [0.1, 0.15) is 0 Å². The van der Waals surface area contributed by atoms with Crippen molar-refractivity contribution in [2.45, 2.75) is 39.2 Å². The summed E-state index contributed by atoms with van der Waals surface area (Å²) in [7, 11) is 2.12. The Balaban J connectivity index is 2.17. The Kier molecular flexibility index (Phi) is 5.92. The molecule has 1 saturated carbocycles. The molecule has 0 bridgehead atoms. The van der Waals surface area contributed by atoms with Crippen LogP contribution in [0.4, 0.5) is 0 Å². The summed E-state index contributed by atoms with van der Waals surface area (Å²) in [5.41, 5.74) is 5.64. The van der Waals surface area contributed by atoms with E-state index in [4.69, 9.17) is 5.73 Å². The van der Waals surface area contributed by atoms with Gasteiger partial charge in [-0.1, -0.05) is 13.8 Å². The number of likely N-dealkylation sites (N-methyl/N-ethyl adjacent to an activating group) is 1. The van der Waals surface area contributed by atoms with Crippen LogP contribution in [0.2, 0.25) is 0 Å². The molecule has 1 aliphatic rings. The van der Waals surface area contributed by atoms with Gasteiger partial charge in [0.2, 0.25) is 5.91 Å². The van der Waals surface area contributed by atoms with Gasteiger partial charge in [-0.05, 0) is 32.2 Å². The number of nitrogens with two attached hydrogens (primary N) is 1. The first-order valence-electron chi connectivity index (χ1n) is 6.72. The molecular formula is C13H27N3O. The zero-order chi connectivity index (χ0) is 12.8. The first-order chi connectivity index (χ1) is 8.04. The highest BCUT2D eigenvalue weighted by Gasteiger charge is 2.25. The summed E-state index contributed by atoms with van der Waals surface area (Å²) in [5.74, 6) is 0.607. The van der Waals surface area contributed by atoms with Crippen molar-refractivity contribution in [3.8, 4) is 0 Å². The molecule has 1 atom stereocenters. The summed E-state index contributed by atoms with van der Waals surface area (Å²) in [4.78, 5) is 14.2. The van der Waals surface area contributed by atoms with E-state index in [0.29, 0.717) is 12.5 Å². The van der Waals surface area contributed by atoms with Gasteiger partial charge in [0.05, 0.1) is 5.92 Å². The highest BCUT2D eigenvalue weighted by atomic mass is 16.1. The lowest BCUT2D eigenvalue weighted by molar-refractivity contribution is -0.125. The number of hydrogen-bond acceptors (Lipinski definition) is 3. The molecule has 1 amide bonds. The summed E-state index contributed by atoms with van der Waals surface area (Å²) in [6.07, 6.45) is 3.49. The van der Waals surface area contributed by atoms with E-state index in [0.717, 1.165) is 25.6 Å². The standard InChI is InChI=1S/C13H27N3O/c1-10(2)8-11(9-14)13(17)15-6-7-16(3)12-4-5-12/h10-12H,4-9,14H2,1-3H3,(H,15,17). The molecule has 0 aromatic heterocycles. The molecule has 0 aromatic rings. The van der Waals surface area contributed by atoms with Crippen molar-refractivity contribution in [2.75, 3.05) is 26.7 Å². The lowest BCUT2D eigenvalue weighted by Crippen LogP contribution is -2.39. The zero-order valence-electron chi connectivity index (χ0n) is 11.4. The summed E-state index contributed by atoms with van der Waals surface area (Å²) in [6.45, 7) is 6.37. The maximum atomic E-state index is 11.9. The molecule has 0 aromatic carbocycles. The van der Waals surface area contributed by atoms with Gasteiger partial charge >= 0.3 is 0 Å². The third-order valence-corrected chi connectivity index (χ3v) is 3.35. The van der Waals surface area contributed by atoms with E-state index >= 15 is 0 Å². The van der Waals surface area contributed by atoms with Gasteiger partial charge in [-0.25, -0.2) is 0 Å². The first-order valence-corrected chi connectivity index (χ1v) is 6.72. The quantitative estimate of drug-likeness (QED) is 0.661. The zero-order valence-corrected chi connectivity index (χ0v) is 11.4. The van der Waals surface area contributed by atoms with Crippen molar-refractivity contribution in [2.24, 2.45) is 17.6 Å². The minimum absolute atomic E-state index is 0.0266. The van der Waals surface area contributed by atoms with Crippen LogP contribution in [0.1, 0.15) is 33.1 Å². The van der Waals surface area contributed by atoms with Gasteiger partial charge in [-0.2, -0.15) is 0 Å². The smallest absolute Gasteiger partial charge is 0.224 e. The fourth-order valence-electron chi connectivity index (χ4n) is 2.08. The van der Waals surface area contributed by atoms with Crippen molar-refractivity contribution in [1.29, 1.82) is 0 Å². The molecule has 1 rings (SSSR count). The third-order valence-electron chi connectivity index (χ3n) is 3.35. The Morgan fingerprint density at radius 2 is 2.12 bits per heavy atom. The van der Waals surface area contributed by atoms with Crippen LogP contribution in [0.15, 0.2) is 0 Å². The van der Waals surface area contributed by atoms with Crippen molar-refractivity contribution in [3.05, 3.63) is 0 Å². The van der Waals surface area contributed by atoms with E-state index in [-0.39, 0.29) is 11.8 Å². The Bertz CT molecular complexity index is 239. The van der Waals surface area contributed by atoms with Gasteiger partial charge in [0, 0.05) is 25.7 Å². The van der Waals surface area contributed by atoms with Gasteiger partial charge in [-0.3, -0.25) is 4.79 Å². The highest BCUT2D eigenvalue weighted by molar-refractivity contribution is 5.78. The van der Waals surface area contributed by atoms with Crippen molar-refractivity contribution in [1.82, 2.24) is 10.2 Å². The number of carbonyl (C=O) groups is 1. The minimum Gasteiger partial charge on any atom is -0.355 e. The Hall–Kier alpha value is -0.610. The summed E-state index contributed by atoms with van der Waals surface area (Å²) in [6, 6.07) is 0.757. The number of rotatable bonds is 8. The van der Waals surface area contributed by atoms with Crippen LogP contribution < -0.4 is 11.1 Å². The molecule has 1 fully saturated rings. The molecular weight excluding hydrogens is 214 g/mol. The predicted molar refractivity (Wildman–Crippen MR) is 70.7 cm³/mol. The third kappa shape index (κ3) is 5.50. The maximum absolute atomic E-state index is 11.9. The predicted octanol–water partition coefficient (Wildman–Crippen LogP) is 0.818. The number of carbonyl (C=O) groups excluding carboxylic acids is 1. The van der Waals surface area contributed by atoms with Gasteiger partial charge in [-0.15, -0.1) is 0 Å². The number of nitrogens with zero attached hydrogens (tertiary/aromatic N) is 1. The molecule has 17 heavy (non-hydrogen) atoms. The monoisotopic (exact) mass is 241 g/mol. The molecule has 3 N–H and O–H groups in total. The fourth-order valence-corrected chi connectivity index (χ4v) is 2.08. The van der Waals surface area contributed by atoms with Crippen LogP contribution in [0, 0.1) is 11.8 Å². The van der Waals surface area contributed by atoms with Gasteiger partial charge in [0.15, 0.2) is 0 Å². The maximum Gasteiger partial charge on any atom is 0.224 e. The Morgan fingerprint density at radius 3 is 2.59 bits per heavy atom. The molecule has 0 heterocycles. The van der Waals surface area contributed by atoms with E-state index in [2.05, 4.69) is 31.1 Å². The van der Waals surface area contributed by atoms with Crippen molar-refractivity contribution >= 4 is 5.91 Å². The fraction of sp³-hybridized carbons (Fsp3) is 0.923. The van der Waals surface area contributed by atoms with Crippen LogP contribution in [-0.4, -0.2) is 43.5 Å². The lowest BCUT2D eigenvalue weighted by atomic mass is 9.96. The van der Waals surface area contributed by atoms with Crippen LogP contribution >= 0.6 is 0 Å². The second-order valence-electron chi connectivity index (χ2n) is 5.56.